The number of hydrogen-bond acceptors (Lipinski definition) is 3. The van der Waals surface area contributed by atoms with Gasteiger partial charge in [-0.25, -0.2) is 19.6 Å². The molecular formula is C17H13ClF2N4O. The number of rotatable bonds is 0. The first-order valence-corrected chi connectivity index (χ1v) is 8.31. The Kier molecular flexibility index (Phi) is 2.81. The third-order valence-corrected chi connectivity index (χ3v) is 5.57. The molecule has 3 heterocycles. The lowest BCUT2D eigenvalue weighted by atomic mass is 9.89. The monoisotopic (exact) mass is 362 g/mol. The van der Waals surface area contributed by atoms with E-state index >= 15 is 4.39 Å². The molecule has 0 fully saturated rings. The van der Waals surface area contributed by atoms with Crippen LogP contribution in [-0.4, -0.2) is 25.6 Å². The fourth-order valence-electron chi connectivity index (χ4n) is 4.17. The second kappa shape index (κ2) is 4.68. The van der Waals surface area contributed by atoms with Crippen molar-refractivity contribution >= 4 is 28.5 Å². The van der Waals surface area contributed by atoms with Gasteiger partial charge in [-0.3, -0.25) is 9.80 Å². The van der Waals surface area contributed by atoms with Crippen LogP contribution in [0.5, 0.6) is 0 Å². The molecular weight excluding hydrogens is 350 g/mol. The number of allylic oxidation sites excluding steroid dienone is 2. The average molecular weight is 363 g/mol. The third-order valence-electron chi connectivity index (χ3n) is 5.21. The van der Waals surface area contributed by atoms with Gasteiger partial charge in [0.15, 0.2) is 0 Å². The summed E-state index contributed by atoms with van der Waals surface area (Å²) >= 11 is 6.15. The van der Waals surface area contributed by atoms with Crippen LogP contribution in [0.2, 0.25) is 0 Å². The molecule has 8 heteroatoms. The number of carbonyl (C=O) groups excluding carboxylic acids is 1. The lowest BCUT2D eigenvalue weighted by molar-refractivity contribution is -0.129. The minimum Gasteiger partial charge on any atom is -0.319 e. The van der Waals surface area contributed by atoms with Crippen molar-refractivity contribution in [2.75, 3.05) is 0 Å². The highest BCUT2D eigenvalue weighted by Gasteiger charge is 2.51. The number of hydrogen-bond donors (Lipinski definition) is 1. The SMILES string of the molecule is NN1C(=O)C2=C([C@H]3C[C@@H]1c1nc4cc(F)ccc4n13)C(F)(Cl)CC=C2. The Hall–Kier alpha value is -2.25. The smallest absolute Gasteiger partial charge is 0.268 e. The molecule has 1 amide bonds. The van der Waals surface area contributed by atoms with E-state index in [1.165, 1.54) is 12.1 Å². The number of nitrogens with two attached hydrogens (primary N) is 1. The summed E-state index contributed by atoms with van der Waals surface area (Å²) in [5.74, 6) is 5.68. The molecule has 2 N–H and O–H groups in total. The molecule has 128 valence electrons. The Labute approximate surface area is 146 Å². The molecule has 5 nitrogen and oxygen atoms in total. The fraction of sp³-hybridized carbons (Fsp3) is 0.294. The summed E-state index contributed by atoms with van der Waals surface area (Å²) in [6.07, 6.45) is 3.49. The van der Waals surface area contributed by atoms with Crippen molar-refractivity contribution in [2.45, 2.75) is 30.1 Å². The number of halogens is 3. The molecule has 0 radical (unpaired) electrons. The summed E-state index contributed by atoms with van der Waals surface area (Å²) < 4.78 is 30.6. The van der Waals surface area contributed by atoms with Gasteiger partial charge >= 0.3 is 0 Å². The lowest BCUT2D eigenvalue weighted by Crippen LogP contribution is -2.41. The predicted molar refractivity (Wildman–Crippen MR) is 87.6 cm³/mol. The summed E-state index contributed by atoms with van der Waals surface area (Å²) in [4.78, 5) is 17.2. The maximum Gasteiger partial charge on any atom is 0.268 e. The van der Waals surface area contributed by atoms with Gasteiger partial charge in [-0.2, -0.15) is 0 Å². The van der Waals surface area contributed by atoms with Gasteiger partial charge in [0.2, 0.25) is 5.13 Å². The standard InChI is InChI=1S/C17H13ClF2N4O/c18-17(20)5-1-2-9-14(17)12-7-13(24(21)16(9)25)15-22-10-6-8(19)3-4-11(10)23(12)15/h1-4,6,12-13H,5,7,21H2/t12-,13-,17?/m1/s1. The van der Waals surface area contributed by atoms with E-state index in [4.69, 9.17) is 17.4 Å². The minimum absolute atomic E-state index is 0.0248. The number of hydrazine groups is 1. The molecule has 0 saturated heterocycles. The highest BCUT2D eigenvalue weighted by atomic mass is 35.5. The van der Waals surface area contributed by atoms with Crippen LogP contribution in [0.3, 0.4) is 0 Å². The average Bonchev–Trinajstić information content (AvgIpc) is 3.05. The largest absolute Gasteiger partial charge is 0.319 e. The second-order valence-corrected chi connectivity index (χ2v) is 7.19. The maximum absolute atomic E-state index is 15.2. The zero-order valence-electron chi connectivity index (χ0n) is 12.9. The van der Waals surface area contributed by atoms with Crippen molar-refractivity contribution in [3.63, 3.8) is 0 Å². The number of alkyl halides is 2. The van der Waals surface area contributed by atoms with E-state index in [1.807, 2.05) is 4.57 Å². The van der Waals surface area contributed by atoms with Crippen molar-refractivity contribution < 1.29 is 13.6 Å². The van der Waals surface area contributed by atoms with Crippen LogP contribution in [-0.2, 0) is 4.79 Å². The summed E-state index contributed by atoms with van der Waals surface area (Å²) in [5.41, 5.74) is 1.51. The molecule has 1 aliphatic carbocycles. The Bertz CT molecular complexity index is 1010. The van der Waals surface area contributed by atoms with Crippen molar-refractivity contribution in [3.8, 4) is 0 Å². The van der Waals surface area contributed by atoms with Gasteiger partial charge in [0.05, 0.1) is 17.1 Å². The molecule has 3 atom stereocenters. The summed E-state index contributed by atoms with van der Waals surface area (Å²) in [7, 11) is 0. The number of imidazole rings is 1. The number of benzene rings is 1. The van der Waals surface area contributed by atoms with Crippen molar-refractivity contribution in [1.82, 2.24) is 14.6 Å². The van der Waals surface area contributed by atoms with E-state index < -0.39 is 28.9 Å². The zero-order valence-corrected chi connectivity index (χ0v) is 13.7. The fourth-order valence-corrected chi connectivity index (χ4v) is 4.49. The Morgan fingerprint density at radius 3 is 2.96 bits per heavy atom. The van der Waals surface area contributed by atoms with Gasteiger partial charge in [-0.1, -0.05) is 23.8 Å². The molecule has 25 heavy (non-hydrogen) atoms. The van der Waals surface area contributed by atoms with Crippen molar-refractivity contribution in [3.05, 3.63) is 53.1 Å². The Balaban J connectivity index is 1.84. The molecule has 5 rings (SSSR count). The zero-order chi connectivity index (χ0) is 17.5. The first-order chi connectivity index (χ1) is 11.9. The highest BCUT2D eigenvalue weighted by Crippen LogP contribution is 2.53. The minimum atomic E-state index is -2.17. The van der Waals surface area contributed by atoms with Gasteiger partial charge in [0.1, 0.15) is 17.7 Å². The maximum atomic E-state index is 15.2. The molecule has 2 aliphatic heterocycles. The number of fused-ring (bicyclic) bond motifs is 8. The number of aromatic nitrogens is 2. The van der Waals surface area contributed by atoms with Crippen molar-refractivity contribution in [1.29, 1.82) is 0 Å². The Morgan fingerprint density at radius 2 is 2.16 bits per heavy atom. The summed E-state index contributed by atoms with van der Waals surface area (Å²) in [5, 5.41) is -1.09. The topological polar surface area (TPSA) is 64.2 Å². The number of amides is 1. The van der Waals surface area contributed by atoms with Gasteiger partial charge in [0, 0.05) is 30.1 Å². The van der Waals surface area contributed by atoms with Crippen LogP contribution in [0.4, 0.5) is 8.78 Å². The van der Waals surface area contributed by atoms with E-state index in [2.05, 4.69) is 4.98 Å². The van der Waals surface area contributed by atoms with E-state index in [0.29, 0.717) is 23.3 Å². The predicted octanol–water partition coefficient (Wildman–Crippen LogP) is 3.04. The lowest BCUT2D eigenvalue weighted by Gasteiger charge is -2.31. The van der Waals surface area contributed by atoms with Crippen LogP contribution in [0.15, 0.2) is 41.5 Å². The molecule has 1 aromatic carbocycles. The normalized spacial score (nSPS) is 30.7. The van der Waals surface area contributed by atoms with E-state index in [-0.39, 0.29) is 17.6 Å². The van der Waals surface area contributed by atoms with Gasteiger partial charge < -0.3 is 4.57 Å². The van der Waals surface area contributed by atoms with E-state index in [0.717, 1.165) is 5.01 Å². The van der Waals surface area contributed by atoms with E-state index in [9.17, 15) is 9.18 Å². The van der Waals surface area contributed by atoms with Crippen LogP contribution in [0.1, 0.15) is 30.7 Å². The first kappa shape index (κ1) is 15.0. The molecule has 1 unspecified atom stereocenters. The van der Waals surface area contributed by atoms with Crippen LogP contribution >= 0.6 is 11.6 Å². The van der Waals surface area contributed by atoms with E-state index in [1.54, 1.807) is 18.2 Å². The quantitative estimate of drug-likeness (QED) is 0.445. The van der Waals surface area contributed by atoms with Crippen LogP contribution < -0.4 is 5.84 Å². The van der Waals surface area contributed by atoms with Crippen LogP contribution in [0, 0.1) is 5.82 Å². The van der Waals surface area contributed by atoms with Crippen molar-refractivity contribution in [2.24, 2.45) is 5.84 Å². The van der Waals surface area contributed by atoms with Gasteiger partial charge in [-0.05, 0) is 12.1 Å². The molecule has 1 aromatic heterocycles. The summed E-state index contributed by atoms with van der Waals surface area (Å²) in [6, 6.07) is 3.25. The number of nitrogens with zero attached hydrogens (tertiary/aromatic N) is 3. The molecule has 3 aliphatic rings. The number of carbonyl (C=O) groups is 1. The molecule has 2 bridgehead atoms. The molecule has 0 spiro atoms. The highest BCUT2D eigenvalue weighted by molar-refractivity contribution is 6.25. The van der Waals surface area contributed by atoms with Gasteiger partial charge in [0.25, 0.3) is 5.91 Å². The van der Waals surface area contributed by atoms with Crippen LogP contribution in [0.25, 0.3) is 11.0 Å². The Morgan fingerprint density at radius 1 is 1.36 bits per heavy atom. The third kappa shape index (κ3) is 1.85. The second-order valence-electron chi connectivity index (χ2n) is 6.59. The molecule has 0 saturated carbocycles. The van der Waals surface area contributed by atoms with Gasteiger partial charge in [-0.15, -0.1) is 0 Å². The first-order valence-electron chi connectivity index (χ1n) is 7.93. The summed E-state index contributed by atoms with van der Waals surface area (Å²) in [6.45, 7) is 0. The molecule has 2 aromatic rings.